The van der Waals surface area contributed by atoms with E-state index in [-0.39, 0.29) is 0 Å². The van der Waals surface area contributed by atoms with Gasteiger partial charge in [-0.2, -0.15) is 0 Å². The first kappa shape index (κ1) is 17.2. The molecule has 0 amide bonds. The van der Waals surface area contributed by atoms with Crippen LogP contribution in [-0.4, -0.2) is 41.1 Å². The molecule has 124 valence electrons. The minimum absolute atomic E-state index is 0.404. The normalized spacial score (nSPS) is 15.8. The average Bonchev–Trinajstić information content (AvgIpc) is 3.06. The zero-order valence-electron chi connectivity index (χ0n) is 12.9. The van der Waals surface area contributed by atoms with Crippen molar-refractivity contribution in [1.29, 1.82) is 0 Å². The molecule has 0 aromatic heterocycles. The van der Waals surface area contributed by atoms with E-state index >= 15 is 0 Å². The Morgan fingerprint density at radius 2 is 1.75 bits per heavy atom. The lowest BCUT2D eigenvalue weighted by atomic mass is 10.0. The topological polar surface area (TPSA) is 99.0 Å². The van der Waals surface area contributed by atoms with E-state index in [1.807, 2.05) is 6.34 Å². The Hall–Kier alpha value is -3.15. The third-order valence-corrected chi connectivity index (χ3v) is 3.38. The van der Waals surface area contributed by atoms with E-state index in [9.17, 15) is 9.59 Å². The third kappa shape index (κ3) is 5.57. The van der Waals surface area contributed by atoms with Crippen molar-refractivity contribution in [2.45, 2.75) is 12.5 Å². The smallest absolute Gasteiger partial charge is 0.328 e. The second kappa shape index (κ2) is 8.47. The molecule has 1 aliphatic rings. The molecular formula is C18H18N2O4. The Labute approximate surface area is 139 Å². The van der Waals surface area contributed by atoms with Gasteiger partial charge in [0.05, 0.1) is 12.4 Å². The van der Waals surface area contributed by atoms with Crippen LogP contribution < -0.4 is 5.32 Å². The van der Waals surface area contributed by atoms with Crippen molar-refractivity contribution in [3.63, 3.8) is 0 Å². The van der Waals surface area contributed by atoms with E-state index in [2.05, 4.69) is 52.8 Å². The summed E-state index contributed by atoms with van der Waals surface area (Å²) in [5.41, 5.74) is 1.37. The van der Waals surface area contributed by atoms with Crippen LogP contribution in [0.25, 0.3) is 10.8 Å². The quantitative estimate of drug-likeness (QED) is 0.747. The van der Waals surface area contributed by atoms with Crippen molar-refractivity contribution in [2.75, 3.05) is 6.54 Å². The number of carbonyl (C=O) groups is 2. The van der Waals surface area contributed by atoms with E-state index in [1.54, 1.807) is 0 Å². The first-order chi connectivity index (χ1) is 11.5. The van der Waals surface area contributed by atoms with Crippen LogP contribution in [0, 0.1) is 0 Å². The first-order valence-corrected chi connectivity index (χ1v) is 7.41. The minimum Gasteiger partial charge on any atom is -0.478 e. The Morgan fingerprint density at radius 1 is 1.08 bits per heavy atom. The van der Waals surface area contributed by atoms with Crippen LogP contribution in [0.5, 0.6) is 0 Å². The van der Waals surface area contributed by atoms with Crippen LogP contribution in [0.3, 0.4) is 0 Å². The molecule has 3 rings (SSSR count). The summed E-state index contributed by atoms with van der Waals surface area (Å²) in [5.74, 6) is -2.51. The molecule has 0 saturated heterocycles. The number of carboxylic acid groups (broad SMARTS) is 2. The number of aliphatic carboxylic acids is 2. The Bertz CT molecular complexity index is 767. The predicted octanol–water partition coefficient (Wildman–Crippen LogP) is 2.09. The number of hydrogen-bond donors (Lipinski definition) is 3. The molecule has 3 N–H and O–H groups in total. The third-order valence-electron chi connectivity index (χ3n) is 3.38. The van der Waals surface area contributed by atoms with Crippen molar-refractivity contribution >= 4 is 29.0 Å². The molecule has 1 heterocycles. The van der Waals surface area contributed by atoms with Gasteiger partial charge in [0, 0.05) is 18.7 Å². The van der Waals surface area contributed by atoms with Gasteiger partial charge in [0.2, 0.25) is 0 Å². The summed E-state index contributed by atoms with van der Waals surface area (Å²) in [5, 5.41) is 21.4. The summed E-state index contributed by atoms with van der Waals surface area (Å²) in [6.45, 7) is 0.965. The van der Waals surface area contributed by atoms with Crippen LogP contribution in [-0.2, 0) is 16.0 Å². The highest BCUT2D eigenvalue weighted by atomic mass is 16.4. The summed E-state index contributed by atoms with van der Waals surface area (Å²) in [6, 6.07) is 15.5. The fraction of sp³-hybridized carbons (Fsp3) is 0.167. The maximum absolute atomic E-state index is 9.55. The Balaban J connectivity index is 0.000000224. The molecule has 6 heteroatoms. The molecular weight excluding hydrogens is 308 g/mol. The molecule has 2 aromatic carbocycles. The second-order valence-electron chi connectivity index (χ2n) is 5.24. The molecule has 1 atom stereocenters. The summed E-state index contributed by atoms with van der Waals surface area (Å²) in [7, 11) is 0. The van der Waals surface area contributed by atoms with Crippen LogP contribution in [0.1, 0.15) is 5.56 Å². The van der Waals surface area contributed by atoms with Crippen LogP contribution in [0.2, 0.25) is 0 Å². The minimum atomic E-state index is -1.26. The van der Waals surface area contributed by atoms with Gasteiger partial charge in [-0.25, -0.2) is 9.59 Å². The van der Waals surface area contributed by atoms with Gasteiger partial charge in [-0.15, -0.1) is 0 Å². The highest BCUT2D eigenvalue weighted by Gasteiger charge is 2.10. The standard InChI is InChI=1S/C14H14N2.C4H4O4/c1-2-4-13-7-11(5-6-12(13)3-1)8-14-9-15-10-16-14;5-3(6)1-2-4(7)8/h1-7,10,14H,8-9H2,(H,15,16);1-2H,(H,5,6)(H,7,8). The number of rotatable bonds is 4. The van der Waals surface area contributed by atoms with Gasteiger partial charge in [-0.1, -0.05) is 42.5 Å². The molecule has 0 saturated carbocycles. The van der Waals surface area contributed by atoms with Crippen molar-refractivity contribution in [2.24, 2.45) is 4.99 Å². The molecule has 1 unspecified atom stereocenters. The fourth-order valence-electron chi connectivity index (χ4n) is 2.30. The number of carboxylic acids is 2. The molecule has 1 aliphatic heterocycles. The van der Waals surface area contributed by atoms with Gasteiger partial charge < -0.3 is 15.5 Å². The number of benzene rings is 2. The van der Waals surface area contributed by atoms with E-state index in [1.165, 1.54) is 16.3 Å². The number of nitrogens with one attached hydrogen (secondary N) is 1. The van der Waals surface area contributed by atoms with E-state index in [0.29, 0.717) is 18.2 Å². The highest BCUT2D eigenvalue weighted by molar-refractivity contribution is 5.89. The monoisotopic (exact) mass is 326 g/mol. The molecule has 0 fully saturated rings. The van der Waals surface area contributed by atoms with Crippen molar-refractivity contribution in [3.8, 4) is 0 Å². The van der Waals surface area contributed by atoms with E-state index in [4.69, 9.17) is 10.2 Å². The molecule has 6 nitrogen and oxygen atoms in total. The molecule has 0 spiro atoms. The maximum atomic E-state index is 9.55. The van der Waals surface area contributed by atoms with Crippen molar-refractivity contribution in [1.82, 2.24) is 5.32 Å². The van der Waals surface area contributed by atoms with Crippen molar-refractivity contribution in [3.05, 3.63) is 60.2 Å². The van der Waals surface area contributed by atoms with Crippen LogP contribution in [0.4, 0.5) is 0 Å². The van der Waals surface area contributed by atoms with Gasteiger partial charge in [0.1, 0.15) is 0 Å². The largest absolute Gasteiger partial charge is 0.478 e. The van der Waals surface area contributed by atoms with E-state index < -0.39 is 11.9 Å². The zero-order valence-corrected chi connectivity index (χ0v) is 12.9. The molecule has 0 aliphatic carbocycles. The molecule has 24 heavy (non-hydrogen) atoms. The summed E-state index contributed by atoms with van der Waals surface area (Å²) in [4.78, 5) is 23.5. The summed E-state index contributed by atoms with van der Waals surface area (Å²) < 4.78 is 0. The van der Waals surface area contributed by atoms with Gasteiger partial charge >= 0.3 is 11.9 Å². The Morgan fingerprint density at radius 3 is 2.33 bits per heavy atom. The van der Waals surface area contributed by atoms with Gasteiger partial charge in [-0.05, 0) is 22.8 Å². The molecule has 0 radical (unpaired) electrons. The average molecular weight is 326 g/mol. The highest BCUT2D eigenvalue weighted by Crippen LogP contribution is 2.17. The second-order valence-corrected chi connectivity index (χ2v) is 5.24. The number of nitrogens with zero attached hydrogens (tertiary/aromatic N) is 1. The van der Waals surface area contributed by atoms with Gasteiger partial charge in [0.15, 0.2) is 0 Å². The fourth-order valence-corrected chi connectivity index (χ4v) is 2.30. The maximum Gasteiger partial charge on any atom is 0.328 e. The number of fused-ring (bicyclic) bond motifs is 1. The van der Waals surface area contributed by atoms with Gasteiger partial charge in [0.25, 0.3) is 0 Å². The molecule has 0 bridgehead atoms. The van der Waals surface area contributed by atoms with E-state index in [0.717, 1.165) is 13.0 Å². The van der Waals surface area contributed by atoms with Crippen molar-refractivity contribution < 1.29 is 19.8 Å². The summed E-state index contributed by atoms with van der Waals surface area (Å²) >= 11 is 0. The predicted molar refractivity (Wildman–Crippen MR) is 92.3 cm³/mol. The molecule has 2 aromatic rings. The number of hydrogen-bond acceptors (Lipinski definition) is 4. The van der Waals surface area contributed by atoms with Crippen LogP contribution in [0.15, 0.2) is 59.6 Å². The first-order valence-electron chi connectivity index (χ1n) is 7.41. The SMILES string of the molecule is C1=NC(Cc2ccc3ccccc3c2)CN1.O=C(O)C=CC(=O)O. The zero-order chi connectivity index (χ0) is 17.4. The lowest BCUT2D eigenvalue weighted by Gasteiger charge is -2.07. The summed E-state index contributed by atoms with van der Waals surface area (Å²) in [6.07, 6.45) is 3.95. The lowest BCUT2D eigenvalue weighted by molar-refractivity contribution is -0.134. The number of aliphatic imine (C=N–C) groups is 1. The lowest BCUT2D eigenvalue weighted by Crippen LogP contribution is -2.17. The van der Waals surface area contributed by atoms with Crippen LogP contribution >= 0.6 is 0 Å². The Kier molecular flexibility index (Phi) is 6.08. The van der Waals surface area contributed by atoms with Gasteiger partial charge in [-0.3, -0.25) is 4.99 Å².